The van der Waals surface area contributed by atoms with Crippen LogP contribution in [-0.2, 0) is 9.53 Å². The van der Waals surface area contributed by atoms with Gasteiger partial charge in [-0.2, -0.15) is 0 Å². The van der Waals surface area contributed by atoms with Crippen LogP contribution in [0.25, 0.3) is 0 Å². The number of hydrogen-bond donors (Lipinski definition) is 0. The summed E-state index contributed by atoms with van der Waals surface area (Å²) in [6.45, 7) is 0.0597. The van der Waals surface area contributed by atoms with E-state index in [4.69, 9.17) is 4.74 Å². The van der Waals surface area contributed by atoms with Gasteiger partial charge in [0.25, 0.3) is 5.91 Å². The number of rotatable bonds is 5. The first-order valence-corrected chi connectivity index (χ1v) is 7.20. The van der Waals surface area contributed by atoms with E-state index in [2.05, 4.69) is 0 Å². The summed E-state index contributed by atoms with van der Waals surface area (Å²) in [5, 5.41) is 0. The van der Waals surface area contributed by atoms with Gasteiger partial charge in [0.2, 0.25) is 0 Å². The molecular formula is C18H17NO3. The van der Waals surface area contributed by atoms with Crippen LogP contribution in [0.5, 0.6) is 0 Å². The number of ether oxygens (including phenoxy) is 1. The van der Waals surface area contributed by atoms with Crippen LogP contribution in [0.2, 0.25) is 0 Å². The van der Waals surface area contributed by atoms with E-state index in [1.807, 2.05) is 48.5 Å². The molecule has 1 heterocycles. The van der Waals surface area contributed by atoms with Crippen molar-refractivity contribution in [2.24, 2.45) is 0 Å². The highest BCUT2D eigenvalue weighted by Gasteiger charge is 2.47. The lowest BCUT2D eigenvalue weighted by Gasteiger charge is -2.15. The van der Waals surface area contributed by atoms with E-state index in [-0.39, 0.29) is 24.3 Å². The number of hydrogen-bond acceptors (Lipinski definition) is 3. The highest BCUT2D eigenvalue weighted by Crippen LogP contribution is 2.39. The van der Waals surface area contributed by atoms with Gasteiger partial charge in [-0.3, -0.25) is 9.59 Å². The molecule has 4 nitrogen and oxygen atoms in total. The number of benzene rings is 2. The molecule has 1 fully saturated rings. The van der Waals surface area contributed by atoms with Gasteiger partial charge < -0.3 is 9.64 Å². The zero-order valence-electron chi connectivity index (χ0n) is 12.3. The molecule has 3 rings (SSSR count). The third-order valence-corrected chi connectivity index (χ3v) is 3.72. The predicted molar refractivity (Wildman–Crippen MR) is 82.5 cm³/mol. The second-order valence-electron chi connectivity index (χ2n) is 5.37. The van der Waals surface area contributed by atoms with E-state index in [1.165, 1.54) is 4.90 Å². The fourth-order valence-corrected chi connectivity index (χ4v) is 2.42. The Morgan fingerprint density at radius 3 is 2.23 bits per heavy atom. The van der Waals surface area contributed by atoms with Gasteiger partial charge >= 0.3 is 0 Å². The molecule has 0 spiro atoms. The van der Waals surface area contributed by atoms with Crippen LogP contribution in [0.4, 0.5) is 0 Å². The molecule has 1 aliphatic heterocycles. The maximum absolute atomic E-state index is 12.3. The summed E-state index contributed by atoms with van der Waals surface area (Å²) < 4.78 is 5.47. The highest BCUT2D eigenvalue weighted by atomic mass is 16.6. The number of likely N-dealkylation sites (N-methyl/N-ethyl adjacent to an activating group) is 1. The van der Waals surface area contributed by atoms with E-state index in [9.17, 15) is 9.59 Å². The standard InChI is InChI=1S/C18H17NO3/c1-19(12-15(20)13-8-4-2-5-9-13)18(21)17-16(22-17)14-10-6-3-7-11-14/h2-11,16-17H,12H2,1H3/t16-,17+/m0/s1. The molecule has 1 amide bonds. The lowest BCUT2D eigenvalue weighted by atomic mass is 10.1. The summed E-state index contributed by atoms with van der Waals surface area (Å²) >= 11 is 0. The molecule has 1 saturated heterocycles. The Morgan fingerprint density at radius 1 is 1.00 bits per heavy atom. The van der Waals surface area contributed by atoms with Crippen LogP contribution in [0.15, 0.2) is 60.7 Å². The molecule has 0 N–H and O–H groups in total. The Kier molecular flexibility index (Phi) is 4.02. The van der Waals surface area contributed by atoms with E-state index in [0.29, 0.717) is 5.56 Å². The summed E-state index contributed by atoms with van der Waals surface area (Å²) in [5.74, 6) is -0.230. The summed E-state index contributed by atoms with van der Waals surface area (Å²) in [7, 11) is 1.63. The molecule has 112 valence electrons. The molecule has 2 atom stereocenters. The molecule has 4 heteroatoms. The number of Topliss-reactive ketones (excluding diaryl/α,β-unsaturated/α-hetero) is 1. The summed E-state index contributed by atoms with van der Waals surface area (Å²) in [4.78, 5) is 25.9. The van der Waals surface area contributed by atoms with Crippen molar-refractivity contribution in [2.75, 3.05) is 13.6 Å². The second-order valence-corrected chi connectivity index (χ2v) is 5.37. The molecule has 2 aromatic rings. The number of epoxide rings is 1. The molecule has 2 aromatic carbocycles. The fourth-order valence-electron chi connectivity index (χ4n) is 2.42. The Bertz CT molecular complexity index is 669. The zero-order chi connectivity index (χ0) is 15.5. The minimum Gasteiger partial charge on any atom is -0.354 e. The lowest BCUT2D eigenvalue weighted by Crippen LogP contribution is -2.35. The van der Waals surface area contributed by atoms with Gasteiger partial charge in [-0.15, -0.1) is 0 Å². The quantitative estimate of drug-likeness (QED) is 0.629. The zero-order valence-corrected chi connectivity index (χ0v) is 12.3. The number of ketones is 1. The van der Waals surface area contributed by atoms with Crippen molar-refractivity contribution in [1.82, 2.24) is 4.90 Å². The van der Waals surface area contributed by atoms with Gasteiger partial charge in [0.05, 0.1) is 6.54 Å². The van der Waals surface area contributed by atoms with Crippen molar-refractivity contribution in [3.8, 4) is 0 Å². The molecule has 1 aliphatic rings. The van der Waals surface area contributed by atoms with Gasteiger partial charge in [0, 0.05) is 12.6 Å². The SMILES string of the molecule is CN(CC(=O)c1ccccc1)C(=O)[C@@H]1O[C@H]1c1ccccc1. The second kappa shape index (κ2) is 6.12. The normalized spacial score (nSPS) is 19.5. The number of amides is 1. The molecule has 0 aromatic heterocycles. The predicted octanol–water partition coefficient (Wildman–Crippen LogP) is 2.47. The maximum atomic E-state index is 12.3. The third kappa shape index (κ3) is 3.07. The topological polar surface area (TPSA) is 49.9 Å². The van der Waals surface area contributed by atoms with Gasteiger partial charge in [0.15, 0.2) is 11.9 Å². The van der Waals surface area contributed by atoms with Gasteiger partial charge in [-0.25, -0.2) is 0 Å². The lowest BCUT2D eigenvalue weighted by molar-refractivity contribution is -0.130. The molecule has 0 saturated carbocycles. The maximum Gasteiger partial charge on any atom is 0.254 e. The van der Waals surface area contributed by atoms with E-state index < -0.39 is 6.10 Å². The van der Waals surface area contributed by atoms with Crippen LogP contribution < -0.4 is 0 Å². The Morgan fingerprint density at radius 2 is 1.59 bits per heavy atom. The third-order valence-electron chi connectivity index (χ3n) is 3.72. The van der Waals surface area contributed by atoms with Crippen molar-refractivity contribution < 1.29 is 14.3 Å². The average molecular weight is 295 g/mol. The number of carbonyl (C=O) groups excluding carboxylic acids is 2. The first-order valence-electron chi connectivity index (χ1n) is 7.20. The van der Waals surface area contributed by atoms with Crippen LogP contribution >= 0.6 is 0 Å². The van der Waals surface area contributed by atoms with Gasteiger partial charge in [0.1, 0.15) is 6.10 Å². The average Bonchev–Trinajstić information content (AvgIpc) is 3.36. The summed E-state index contributed by atoms with van der Waals surface area (Å²) in [6.07, 6.45) is -0.668. The fraction of sp³-hybridized carbons (Fsp3) is 0.222. The first-order chi connectivity index (χ1) is 10.7. The van der Waals surface area contributed by atoms with Crippen LogP contribution in [0.3, 0.4) is 0 Å². The molecule has 0 bridgehead atoms. The van der Waals surface area contributed by atoms with E-state index >= 15 is 0 Å². The number of nitrogens with zero attached hydrogens (tertiary/aromatic N) is 1. The van der Waals surface area contributed by atoms with Crippen molar-refractivity contribution in [3.05, 3.63) is 71.8 Å². The number of carbonyl (C=O) groups is 2. The van der Waals surface area contributed by atoms with Gasteiger partial charge in [-0.1, -0.05) is 60.7 Å². The molecule has 0 aliphatic carbocycles. The van der Waals surface area contributed by atoms with Crippen molar-refractivity contribution >= 4 is 11.7 Å². The van der Waals surface area contributed by atoms with Gasteiger partial charge in [-0.05, 0) is 5.56 Å². The van der Waals surface area contributed by atoms with Crippen LogP contribution in [0.1, 0.15) is 22.0 Å². The Balaban J connectivity index is 1.58. The molecule has 22 heavy (non-hydrogen) atoms. The first kappa shape index (κ1) is 14.5. The Labute approximate surface area is 129 Å². The highest BCUT2D eigenvalue weighted by molar-refractivity contribution is 5.99. The minimum atomic E-state index is -0.476. The van der Waals surface area contributed by atoms with Crippen LogP contribution in [0, 0.1) is 0 Å². The minimum absolute atomic E-state index is 0.0597. The van der Waals surface area contributed by atoms with Crippen molar-refractivity contribution in [3.63, 3.8) is 0 Å². The Hall–Kier alpha value is -2.46. The van der Waals surface area contributed by atoms with Crippen LogP contribution in [-0.4, -0.2) is 36.3 Å². The largest absolute Gasteiger partial charge is 0.354 e. The smallest absolute Gasteiger partial charge is 0.254 e. The van der Waals surface area contributed by atoms with E-state index in [0.717, 1.165) is 5.56 Å². The monoisotopic (exact) mass is 295 g/mol. The van der Waals surface area contributed by atoms with E-state index in [1.54, 1.807) is 19.2 Å². The summed E-state index contributed by atoms with van der Waals surface area (Å²) in [5.41, 5.74) is 1.60. The molecular weight excluding hydrogens is 278 g/mol. The van der Waals surface area contributed by atoms with Crippen molar-refractivity contribution in [2.45, 2.75) is 12.2 Å². The summed E-state index contributed by atoms with van der Waals surface area (Å²) in [6, 6.07) is 18.6. The van der Waals surface area contributed by atoms with Crippen molar-refractivity contribution in [1.29, 1.82) is 0 Å². The molecule has 0 radical (unpaired) electrons. The molecule has 0 unspecified atom stereocenters.